The number of ether oxygens (including phenoxy) is 1. The summed E-state index contributed by atoms with van der Waals surface area (Å²) in [6.45, 7) is 3.83. The van der Waals surface area contributed by atoms with Gasteiger partial charge in [-0.05, 0) is 17.7 Å². The molecule has 0 aliphatic carbocycles. The van der Waals surface area contributed by atoms with Crippen LogP contribution in [0.5, 0.6) is 0 Å². The zero-order valence-corrected chi connectivity index (χ0v) is 11.0. The van der Waals surface area contributed by atoms with E-state index in [-0.39, 0.29) is 6.04 Å². The first-order valence-corrected chi connectivity index (χ1v) is 6.45. The van der Waals surface area contributed by atoms with E-state index in [1.807, 2.05) is 12.1 Å². The van der Waals surface area contributed by atoms with Crippen LogP contribution in [-0.2, 0) is 4.74 Å². The molecule has 1 unspecified atom stereocenters. The molecule has 1 aliphatic rings. The van der Waals surface area contributed by atoms with Gasteiger partial charge in [0.25, 0.3) is 0 Å². The molecular weight excluding hydrogens is 259 g/mol. The van der Waals surface area contributed by atoms with Gasteiger partial charge in [0.15, 0.2) is 0 Å². The Morgan fingerprint density at radius 3 is 2.59 bits per heavy atom. The molecule has 0 bridgehead atoms. The second-order valence-corrected chi connectivity index (χ2v) is 4.91. The highest BCUT2D eigenvalue weighted by Gasteiger charge is 2.23. The Labute approximate surface area is 111 Å². The molecule has 2 N–H and O–H groups in total. The van der Waals surface area contributed by atoms with Gasteiger partial charge >= 0.3 is 0 Å². The van der Waals surface area contributed by atoms with E-state index in [2.05, 4.69) is 4.90 Å². The van der Waals surface area contributed by atoms with E-state index in [1.165, 1.54) is 0 Å². The van der Waals surface area contributed by atoms with E-state index in [4.69, 9.17) is 33.7 Å². The third kappa shape index (κ3) is 3.12. The molecule has 1 fully saturated rings. The predicted molar refractivity (Wildman–Crippen MR) is 70.6 cm³/mol. The second kappa shape index (κ2) is 6.03. The fraction of sp³-hybridized carbons (Fsp3) is 0.500. The van der Waals surface area contributed by atoms with E-state index in [9.17, 15) is 0 Å². The third-order valence-corrected chi connectivity index (χ3v) is 3.59. The Morgan fingerprint density at radius 1 is 1.29 bits per heavy atom. The van der Waals surface area contributed by atoms with Gasteiger partial charge in [-0.1, -0.05) is 29.3 Å². The molecule has 1 saturated heterocycles. The van der Waals surface area contributed by atoms with Crippen molar-refractivity contribution in [3.63, 3.8) is 0 Å². The zero-order chi connectivity index (χ0) is 12.3. The van der Waals surface area contributed by atoms with Gasteiger partial charge in [-0.3, -0.25) is 4.90 Å². The van der Waals surface area contributed by atoms with Crippen molar-refractivity contribution in [2.75, 3.05) is 32.8 Å². The number of hydrogen-bond donors (Lipinski definition) is 1. The predicted octanol–water partition coefficient (Wildman–Crippen LogP) is 2.33. The highest BCUT2D eigenvalue weighted by molar-refractivity contribution is 6.35. The molecule has 94 valence electrons. The van der Waals surface area contributed by atoms with Crippen molar-refractivity contribution in [1.29, 1.82) is 0 Å². The van der Waals surface area contributed by atoms with E-state index < -0.39 is 0 Å². The molecule has 0 amide bonds. The van der Waals surface area contributed by atoms with Crippen molar-refractivity contribution in [2.45, 2.75) is 6.04 Å². The molecule has 1 aromatic carbocycles. The smallest absolute Gasteiger partial charge is 0.0594 e. The van der Waals surface area contributed by atoms with Gasteiger partial charge in [0.05, 0.1) is 13.2 Å². The Bertz CT molecular complexity index is 381. The summed E-state index contributed by atoms with van der Waals surface area (Å²) >= 11 is 12.1. The normalized spacial score (nSPS) is 19.2. The van der Waals surface area contributed by atoms with Crippen molar-refractivity contribution in [2.24, 2.45) is 5.73 Å². The summed E-state index contributed by atoms with van der Waals surface area (Å²) in [5.74, 6) is 0. The Morgan fingerprint density at radius 2 is 2.00 bits per heavy atom. The molecule has 3 nitrogen and oxygen atoms in total. The summed E-state index contributed by atoms with van der Waals surface area (Å²) in [5, 5.41) is 1.33. The fourth-order valence-corrected chi connectivity index (χ4v) is 2.67. The molecule has 0 saturated carbocycles. The van der Waals surface area contributed by atoms with Crippen LogP contribution in [0.3, 0.4) is 0 Å². The second-order valence-electron chi connectivity index (χ2n) is 4.07. The van der Waals surface area contributed by atoms with E-state index in [1.54, 1.807) is 6.07 Å². The van der Waals surface area contributed by atoms with Crippen LogP contribution < -0.4 is 5.73 Å². The molecule has 2 rings (SSSR count). The quantitative estimate of drug-likeness (QED) is 0.920. The molecule has 0 radical (unpaired) electrons. The summed E-state index contributed by atoms with van der Waals surface area (Å²) in [6.07, 6.45) is 0. The highest BCUT2D eigenvalue weighted by Crippen LogP contribution is 2.29. The van der Waals surface area contributed by atoms with Crippen LogP contribution in [0.15, 0.2) is 18.2 Å². The molecule has 1 heterocycles. The third-order valence-electron chi connectivity index (χ3n) is 3.03. The first-order valence-electron chi connectivity index (χ1n) is 5.69. The molecule has 1 aliphatic heterocycles. The number of benzene rings is 1. The van der Waals surface area contributed by atoms with Crippen LogP contribution in [0.1, 0.15) is 11.6 Å². The van der Waals surface area contributed by atoms with Gasteiger partial charge in [-0.25, -0.2) is 0 Å². The molecule has 1 aromatic rings. The van der Waals surface area contributed by atoms with Crippen LogP contribution in [0, 0.1) is 0 Å². The van der Waals surface area contributed by atoms with Crippen LogP contribution in [0.25, 0.3) is 0 Å². The number of morpholine rings is 1. The van der Waals surface area contributed by atoms with E-state index in [0.29, 0.717) is 16.6 Å². The lowest BCUT2D eigenvalue weighted by Gasteiger charge is -2.34. The standard InChI is InChI=1S/C12H16Cl2N2O/c13-9-1-2-10(11(14)7-9)12(8-15)16-3-5-17-6-4-16/h1-2,7,12H,3-6,8,15H2. The summed E-state index contributed by atoms with van der Waals surface area (Å²) in [4.78, 5) is 2.30. The summed E-state index contributed by atoms with van der Waals surface area (Å²) < 4.78 is 5.34. The average Bonchev–Trinajstić information content (AvgIpc) is 2.34. The van der Waals surface area contributed by atoms with Gasteiger partial charge < -0.3 is 10.5 Å². The largest absolute Gasteiger partial charge is 0.379 e. The van der Waals surface area contributed by atoms with Gasteiger partial charge in [0, 0.05) is 35.7 Å². The lowest BCUT2D eigenvalue weighted by atomic mass is 10.0. The van der Waals surface area contributed by atoms with Crippen LogP contribution >= 0.6 is 23.2 Å². The molecule has 1 atom stereocenters. The van der Waals surface area contributed by atoms with Crippen molar-refractivity contribution in [1.82, 2.24) is 4.90 Å². The summed E-state index contributed by atoms with van der Waals surface area (Å²) in [7, 11) is 0. The lowest BCUT2D eigenvalue weighted by molar-refractivity contribution is 0.0179. The Balaban J connectivity index is 2.21. The van der Waals surface area contributed by atoms with Gasteiger partial charge in [0.2, 0.25) is 0 Å². The van der Waals surface area contributed by atoms with E-state index in [0.717, 1.165) is 31.9 Å². The molecule has 5 heteroatoms. The first kappa shape index (κ1) is 13.1. The zero-order valence-electron chi connectivity index (χ0n) is 9.53. The molecule has 0 spiro atoms. The molecular formula is C12H16Cl2N2O. The minimum Gasteiger partial charge on any atom is -0.379 e. The average molecular weight is 275 g/mol. The van der Waals surface area contributed by atoms with Crippen molar-refractivity contribution in [3.05, 3.63) is 33.8 Å². The number of rotatable bonds is 3. The minimum absolute atomic E-state index is 0.142. The maximum atomic E-state index is 6.22. The summed E-state index contributed by atoms with van der Waals surface area (Å²) in [5.41, 5.74) is 6.91. The number of halogens is 2. The van der Waals surface area contributed by atoms with Crippen LogP contribution in [0.2, 0.25) is 10.0 Å². The van der Waals surface area contributed by atoms with Crippen molar-refractivity contribution in [3.8, 4) is 0 Å². The Kier molecular flexibility index (Phi) is 4.65. The van der Waals surface area contributed by atoms with E-state index >= 15 is 0 Å². The number of hydrogen-bond acceptors (Lipinski definition) is 3. The van der Waals surface area contributed by atoms with Gasteiger partial charge in [-0.2, -0.15) is 0 Å². The maximum Gasteiger partial charge on any atom is 0.0594 e. The van der Waals surface area contributed by atoms with Crippen LogP contribution in [0.4, 0.5) is 0 Å². The fourth-order valence-electron chi connectivity index (χ4n) is 2.13. The monoisotopic (exact) mass is 274 g/mol. The first-order chi connectivity index (χ1) is 8.22. The van der Waals surface area contributed by atoms with Crippen molar-refractivity contribution >= 4 is 23.2 Å². The number of nitrogens with zero attached hydrogens (tertiary/aromatic N) is 1. The number of nitrogens with two attached hydrogens (primary N) is 1. The van der Waals surface area contributed by atoms with Gasteiger partial charge in [0.1, 0.15) is 0 Å². The lowest BCUT2D eigenvalue weighted by Crippen LogP contribution is -2.41. The topological polar surface area (TPSA) is 38.5 Å². The molecule has 17 heavy (non-hydrogen) atoms. The maximum absolute atomic E-state index is 6.22. The minimum atomic E-state index is 0.142. The Hall–Kier alpha value is -0.320. The highest BCUT2D eigenvalue weighted by atomic mass is 35.5. The van der Waals surface area contributed by atoms with Crippen molar-refractivity contribution < 1.29 is 4.74 Å². The summed E-state index contributed by atoms with van der Waals surface area (Å²) in [6, 6.07) is 5.72. The molecule has 0 aromatic heterocycles. The van der Waals surface area contributed by atoms with Gasteiger partial charge in [-0.15, -0.1) is 0 Å². The van der Waals surface area contributed by atoms with Crippen LogP contribution in [-0.4, -0.2) is 37.7 Å². The SMILES string of the molecule is NCC(c1ccc(Cl)cc1Cl)N1CCOCC1.